The van der Waals surface area contributed by atoms with Gasteiger partial charge in [0.25, 0.3) is 0 Å². The molecule has 0 saturated heterocycles. The second-order valence-corrected chi connectivity index (χ2v) is 6.33. The number of nitrogens with one attached hydrogen (secondary N) is 1. The second-order valence-electron chi connectivity index (χ2n) is 6.33. The van der Waals surface area contributed by atoms with Crippen molar-refractivity contribution in [3.8, 4) is 0 Å². The lowest BCUT2D eigenvalue weighted by atomic mass is 9.99. The van der Waals surface area contributed by atoms with Crippen molar-refractivity contribution in [2.75, 3.05) is 0 Å². The molecule has 0 bridgehead atoms. The van der Waals surface area contributed by atoms with Crippen molar-refractivity contribution in [1.29, 1.82) is 0 Å². The summed E-state index contributed by atoms with van der Waals surface area (Å²) in [7, 11) is 0. The average molecular weight is 317 g/mol. The molecule has 1 heterocycles. The van der Waals surface area contributed by atoms with Crippen molar-refractivity contribution < 1.29 is 8.78 Å². The molecule has 1 aromatic carbocycles. The Morgan fingerprint density at radius 2 is 1.91 bits per heavy atom. The van der Waals surface area contributed by atoms with Crippen molar-refractivity contribution in [1.82, 2.24) is 15.3 Å². The molecule has 0 aliphatic heterocycles. The van der Waals surface area contributed by atoms with Gasteiger partial charge in [-0.3, -0.25) is 0 Å². The van der Waals surface area contributed by atoms with Gasteiger partial charge in [-0.2, -0.15) is 0 Å². The predicted octanol–water partition coefficient (Wildman–Crippen LogP) is 4.17. The van der Waals surface area contributed by atoms with Gasteiger partial charge >= 0.3 is 0 Å². The molecule has 1 N–H and O–H groups in total. The fourth-order valence-corrected chi connectivity index (χ4v) is 3.04. The lowest BCUT2D eigenvalue weighted by Gasteiger charge is -2.25. The first-order valence-electron chi connectivity index (χ1n) is 7.97. The van der Waals surface area contributed by atoms with Gasteiger partial charge in [-0.15, -0.1) is 0 Å². The quantitative estimate of drug-likeness (QED) is 0.899. The van der Waals surface area contributed by atoms with E-state index in [9.17, 15) is 8.78 Å². The SMILES string of the molecule is Cc1ncc([C@@H](C)N[C@H](c2cc(F)ccc2F)C2CC2)c(C)n1. The fraction of sp³-hybridized carbons (Fsp3) is 0.444. The van der Waals surface area contributed by atoms with Crippen LogP contribution in [0, 0.1) is 31.4 Å². The van der Waals surface area contributed by atoms with Gasteiger partial charge in [0, 0.05) is 35.1 Å². The van der Waals surface area contributed by atoms with Crippen LogP contribution in [-0.4, -0.2) is 9.97 Å². The minimum atomic E-state index is -0.406. The zero-order valence-corrected chi connectivity index (χ0v) is 13.6. The molecule has 1 fully saturated rings. The molecule has 3 rings (SSSR count). The Hall–Kier alpha value is -1.88. The Labute approximate surface area is 135 Å². The van der Waals surface area contributed by atoms with Crippen LogP contribution in [0.2, 0.25) is 0 Å². The van der Waals surface area contributed by atoms with Crippen molar-refractivity contribution in [2.24, 2.45) is 5.92 Å². The third kappa shape index (κ3) is 3.55. The summed E-state index contributed by atoms with van der Waals surface area (Å²) in [6, 6.07) is 3.43. The second kappa shape index (κ2) is 6.32. The third-order valence-corrected chi connectivity index (χ3v) is 4.42. The zero-order chi connectivity index (χ0) is 16.6. The molecular formula is C18H21F2N3. The summed E-state index contributed by atoms with van der Waals surface area (Å²) in [6.07, 6.45) is 3.87. The first kappa shape index (κ1) is 16.0. The highest BCUT2D eigenvalue weighted by Crippen LogP contribution is 2.43. The topological polar surface area (TPSA) is 37.8 Å². The van der Waals surface area contributed by atoms with Gasteiger partial charge in [0.05, 0.1) is 0 Å². The van der Waals surface area contributed by atoms with Gasteiger partial charge in [0.15, 0.2) is 0 Å². The van der Waals surface area contributed by atoms with E-state index in [4.69, 9.17) is 0 Å². The van der Waals surface area contributed by atoms with Crippen LogP contribution in [0.15, 0.2) is 24.4 Å². The summed E-state index contributed by atoms with van der Waals surface area (Å²) >= 11 is 0. The van der Waals surface area contributed by atoms with Crippen LogP contribution in [0.25, 0.3) is 0 Å². The molecule has 0 radical (unpaired) electrons. The van der Waals surface area contributed by atoms with E-state index in [-0.39, 0.29) is 17.9 Å². The molecule has 1 aliphatic carbocycles. The molecule has 1 aliphatic rings. The molecular weight excluding hydrogens is 296 g/mol. The van der Waals surface area contributed by atoms with Crippen molar-refractivity contribution in [3.63, 3.8) is 0 Å². The first-order chi connectivity index (χ1) is 11.0. The Bertz CT molecular complexity index is 713. The number of hydrogen-bond donors (Lipinski definition) is 1. The van der Waals surface area contributed by atoms with Crippen LogP contribution < -0.4 is 5.32 Å². The number of nitrogens with zero attached hydrogens (tertiary/aromatic N) is 2. The minimum Gasteiger partial charge on any atom is -0.303 e. The summed E-state index contributed by atoms with van der Waals surface area (Å²) in [5, 5.41) is 3.45. The van der Waals surface area contributed by atoms with E-state index in [0.29, 0.717) is 11.5 Å². The van der Waals surface area contributed by atoms with E-state index in [1.54, 1.807) is 6.20 Å². The minimum absolute atomic E-state index is 0.0381. The van der Waals surface area contributed by atoms with Gasteiger partial charge in [0.2, 0.25) is 0 Å². The molecule has 0 unspecified atom stereocenters. The number of halogens is 2. The highest BCUT2D eigenvalue weighted by atomic mass is 19.1. The molecule has 0 amide bonds. The normalized spacial score (nSPS) is 17.1. The predicted molar refractivity (Wildman–Crippen MR) is 84.9 cm³/mol. The summed E-state index contributed by atoms with van der Waals surface area (Å²) in [5.74, 6) is 0.310. The summed E-state index contributed by atoms with van der Waals surface area (Å²) in [5.41, 5.74) is 2.30. The van der Waals surface area contributed by atoms with Crippen LogP contribution in [0.1, 0.15) is 54.5 Å². The molecule has 2 aromatic rings. The average Bonchev–Trinajstić information content (AvgIpc) is 3.32. The highest BCUT2D eigenvalue weighted by molar-refractivity contribution is 5.26. The van der Waals surface area contributed by atoms with E-state index in [1.807, 2.05) is 20.8 Å². The Morgan fingerprint density at radius 1 is 1.17 bits per heavy atom. The monoisotopic (exact) mass is 317 g/mol. The van der Waals surface area contributed by atoms with E-state index < -0.39 is 5.82 Å². The lowest BCUT2D eigenvalue weighted by molar-refractivity contribution is 0.408. The fourth-order valence-electron chi connectivity index (χ4n) is 3.04. The van der Waals surface area contributed by atoms with Crippen molar-refractivity contribution in [3.05, 3.63) is 58.7 Å². The van der Waals surface area contributed by atoms with Gasteiger partial charge < -0.3 is 5.32 Å². The van der Waals surface area contributed by atoms with Crippen LogP contribution in [0.3, 0.4) is 0 Å². The highest BCUT2D eigenvalue weighted by Gasteiger charge is 2.35. The van der Waals surface area contributed by atoms with E-state index in [1.165, 1.54) is 12.1 Å². The maximum absolute atomic E-state index is 14.2. The van der Waals surface area contributed by atoms with E-state index in [0.717, 1.165) is 36.0 Å². The standard InChI is InChI=1S/C18H21F2N3/c1-10-16(9-21-12(3)22-10)11(2)23-18(13-4-5-13)15-8-14(19)6-7-17(15)20/h6-9,11,13,18,23H,4-5H2,1-3H3/t11-,18+/m1/s1. The molecule has 1 saturated carbocycles. The molecule has 23 heavy (non-hydrogen) atoms. The van der Waals surface area contributed by atoms with Gasteiger partial charge in [-0.05, 0) is 57.7 Å². The number of benzene rings is 1. The molecule has 3 nitrogen and oxygen atoms in total. The Kier molecular flexibility index (Phi) is 4.39. The molecule has 5 heteroatoms. The number of rotatable bonds is 5. The first-order valence-corrected chi connectivity index (χ1v) is 7.97. The smallest absolute Gasteiger partial charge is 0.128 e. The molecule has 0 spiro atoms. The van der Waals surface area contributed by atoms with Crippen molar-refractivity contribution in [2.45, 2.75) is 45.7 Å². The molecule has 1 aromatic heterocycles. The molecule has 122 valence electrons. The van der Waals surface area contributed by atoms with Gasteiger partial charge in [-0.25, -0.2) is 18.7 Å². The summed E-state index contributed by atoms with van der Waals surface area (Å²) < 4.78 is 27.7. The maximum Gasteiger partial charge on any atom is 0.128 e. The van der Waals surface area contributed by atoms with Crippen molar-refractivity contribution >= 4 is 0 Å². The molecule has 2 atom stereocenters. The number of aromatic nitrogens is 2. The summed E-state index contributed by atoms with van der Waals surface area (Å²) in [4.78, 5) is 8.63. The number of aryl methyl sites for hydroxylation is 2. The van der Waals surface area contributed by atoms with E-state index in [2.05, 4.69) is 15.3 Å². The van der Waals surface area contributed by atoms with Crippen LogP contribution in [0.5, 0.6) is 0 Å². The van der Waals surface area contributed by atoms with Crippen LogP contribution >= 0.6 is 0 Å². The van der Waals surface area contributed by atoms with E-state index >= 15 is 0 Å². The summed E-state index contributed by atoms with van der Waals surface area (Å²) in [6.45, 7) is 5.80. The Morgan fingerprint density at radius 3 is 2.57 bits per heavy atom. The van der Waals surface area contributed by atoms with Gasteiger partial charge in [0.1, 0.15) is 17.5 Å². The van der Waals surface area contributed by atoms with Crippen LogP contribution in [-0.2, 0) is 0 Å². The zero-order valence-electron chi connectivity index (χ0n) is 13.6. The Balaban J connectivity index is 1.86. The lowest BCUT2D eigenvalue weighted by Crippen LogP contribution is -2.28. The maximum atomic E-state index is 14.2. The third-order valence-electron chi connectivity index (χ3n) is 4.42. The largest absolute Gasteiger partial charge is 0.303 e. The van der Waals surface area contributed by atoms with Crippen LogP contribution in [0.4, 0.5) is 8.78 Å². The number of hydrogen-bond acceptors (Lipinski definition) is 3. The van der Waals surface area contributed by atoms with Gasteiger partial charge in [-0.1, -0.05) is 0 Å².